The minimum absolute atomic E-state index is 0.0289. The average molecular weight is 423 g/mol. The van der Waals surface area contributed by atoms with Crippen LogP contribution in [0.4, 0.5) is 5.69 Å². The van der Waals surface area contributed by atoms with Gasteiger partial charge in [-0.15, -0.1) is 11.3 Å². The summed E-state index contributed by atoms with van der Waals surface area (Å²) in [5.74, 6) is -0.856. The molecule has 1 heterocycles. The third-order valence-corrected chi connectivity index (χ3v) is 6.99. The molecule has 0 atom stereocenters. The van der Waals surface area contributed by atoms with Crippen molar-refractivity contribution in [2.45, 2.75) is 18.7 Å². The molecule has 0 bridgehead atoms. The van der Waals surface area contributed by atoms with E-state index in [4.69, 9.17) is 23.2 Å². The van der Waals surface area contributed by atoms with Gasteiger partial charge in [0.15, 0.2) is 0 Å². The summed E-state index contributed by atoms with van der Waals surface area (Å²) in [6, 6.07) is 5.11. The van der Waals surface area contributed by atoms with Crippen LogP contribution < -0.4 is 5.32 Å². The maximum atomic E-state index is 12.6. The number of hydrogen-bond acceptors (Lipinski definition) is 5. The van der Waals surface area contributed by atoms with Crippen molar-refractivity contribution >= 4 is 56.2 Å². The Kier molecular flexibility index (Phi) is 6.34. The third kappa shape index (κ3) is 4.27. The fourth-order valence-electron chi connectivity index (χ4n) is 2.17. The maximum absolute atomic E-state index is 12.6. The Balaban J connectivity index is 2.37. The summed E-state index contributed by atoms with van der Waals surface area (Å²) < 4.78 is 27.0. The molecule has 0 spiro atoms. The molecule has 2 N–H and O–H groups in total. The van der Waals surface area contributed by atoms with Gasteiger partial charge in [0.2, 0.25) is 10.0 Å². The second-order valence-corrected chi connectivity index (χ2v) is 9.18. The fourth-order valence-corrected chi connectivity index (χ4v) is 5.12. The summed E-state index contributed by atoms with van der Waals surface area (Å²) in [4.78, 5) is 12.3. The Hall–Kier alpha value is -1.32. The quantitative estimate of drug-likeness (QED) is 0.687. The Morgan fingerprint density at radius 3 is 2.40 bits per heavy atom. The predicted molar refractivity (Wildman–Crippen MR) is 101 cm³/mol. The number of hydrogen-bond donors (Lipinski definition) is 2. The van der Waals surface area contributed by atoms with E-state index in [1.165, 1.54) is 28.6 Å². The maximum Gasteiger partial charge on any atom is 0.258 e. The van der Waals surface area contributed by atoms with E-state index in [1.54, 1.807) is 13.8 Å². The SMILES string of the molecule is CCN(CC)S(=O)(=O)c1ccc(O)c(NC(=O)c2cc(Cl)sc2Cl)c1. The number of anilines is 1. The Bertz CT molecular complexity index is 893. The van der Waals surface area contributed by atoms with Crippen LogP contribution in [0, 0.1) is 0 Å². The van der Waals surface area contributed by atoms with Crippen LogP contribution in [-0.2, 0) is 10.0 Å². The van der Waals surface area contributed by atoms with Crippen molar-refractivity contribution in [3.8, 4) is 5.75 Å². The van der Waals surface area contributed by atoms with Crippen LogP contribution in [0.15, 0.2) is 29.2 Å². The first-order valence-electron chi connectivity index (χ1n) is 7.30. The van der Waals surface area contributed by atoms with E-state index in [9.17, 15) is 18.3 Å². The number of nitrogens with zero attached hydrogens (tertiary/aromatic N) is 1. The van der Waals surface area contributed by atoms with Crippen molar-refractivity contribution in [1.29, 1.82) is 0 Å². The molecule has 6 nitrogen and oxygen atoms in total. The van der Waals surface area contributed by atoms with Crippen molar-refractivity contribution in [2.75, 3.05) is 18.4 Å². The van der Waals surface area contributed by atoms with E-state index in [1.807, 2.05) is 0 Å². The molecule has 0 saturated heterocycles. The fraction of sp³-hybridized carbons (Fsp3) is 0.267. The highest BCUT2D eigenvalue weighted by molar-refractivity contribution is 7.89. The van der Waals surface area contributed by atoms with Crippen LogP contribution in [0.1, 0.15) is 24.2 Å². The number of benzene rings is 1. The number of amides is 1. The van der Waals surface area contributed by atoms with Gasteiger partial charge in [0.1, 0.15) is 10.1 Å². The summed E-state index contributed by atoms with van der Waals surface area (Å²) in [6.07, 6.45) is 0. The van der Waals surface area contributed by atoms with Gasteiger partial charge >= 0.3 is 0 Å². The Labute approximate surface area is 160 Å². The van der Waals surface area contributed by atoms with Crippen molar-refractivity contribution in [3.63, 3.8) is 0 Å². The van der Waals surface area contributed by atoms with Gasteiger partial charge < -0.3 is 10.4 Å². The van der Waals surface area contributed by atoms with E-state index in [2.05, 4.69) is 5.32 Å². The van der Waals surface area contributed by atoms with Gasteiger partial charge in [-0.05, 0) is 24.3 Å². The molecule has 0 aliphatic rings. The largest absolute Gasteiger partial charge is 0.506 e. The zero-order chi connectivity index (χ0) is 18.8. The summed E-state index contributed by atoms with van der Waals surface area (Å²) >= 11 is 12.8. The minimum Gasteiger partial charge on any atom is -0.506 e. The molecule has 10 heteroatoms. The van der Waals surface area contributed by atoms with Gasteiger partial charge in [0.05, 0.1) is 20.5 Å². The molecule has 2 rings (SSSR count). The lowest BCUT2D eigenvalue weighted by atomic mass is 10.2. The molecule has 2 aromatic rings. The zero-order valence-corrected chi connectivity index (χ0v) is 16.6. The lowest BCUT2D eigenvalue weighted by Gasteiger charge is -2.19. The smallest absolute Gasteiger partial charge is 0.258 e. The number of aromatic hydroxyl groups is 1. The number of carbonyl (C=O) groups excluding carboxylic acids is 1. The molecule has 1 amide bonds. The molecule has 1 aromatic heterocycles. The molecule has 0 aliphatic carbocycles. The molecule has 0 unspecified atom stereocenters. The van der Waals surface area contributed by atoms with Gasteiger partial charge in [-0.1, -0.05) is 37.0 Å². The van der Waals surface area contributed by atoms with E-state index < -0.39 is 15.9 Å². The summed E-state index contributed by atoms with van der Waals surface area (Å²) in [7, 11) is -3.72. The van der Waals surface area contributed by atoms with Gasteiger partial charge in [-0.25, -0.2) is 8.42 Å². The van der Waals surface area contributed by atoms with E-state index in [0.29, 0.717) is 17.4 Å². The number of carbonyl (C=O) groups is 1. The second kappa shape index (κ2) is 7.92. The number of sulfonamides is 1. The second-order valence-electron chi connectivity index (χ2n) is 4.96. The molecule has 1 aromatic carbocycles. The summed E-state index contributed by atoms with van der Waals surface area (Å²) in [5, 5.41) is 12.4. The number of thiophene rings is 1. The van der Waals surface area contributed by atoms with Crippen molar-refractivity contribution in [2.24, 2.45) is 0 Å². The molecular weight excluding hydrogens is 407 g/mol. The normalized spacial score (nSPS) is 11.7. The standard InChI is InChI=1S/C15H16Cl2N2O4S2/c1-3-19(4-2)25(22,23)9-5-6-12(20)11(7-9)18-15(21)10-8-13(16)24-14(10)17/h5-8,20H,3-4H2,1-2H3,(H,18,21). The van der Waals surface area contributed by atoms with E-state index in [-0.39, 0.29) is 26.2 Å². The van der Waals surface area contributed by atoms with Gasteiger partial charge in [0, 0.05) is 13.1 Å². The number of nitrogens with one attached hydrogen (secondary N) is 1. The summed E-state index contributed by atoms with van der Waals surface area (Å²) in [5.41, 5.74) is 0.115. The Morgan fingerprint density at radius 1 is 1.24 bits per heavy atom. The van der Waals surface area contributed by atoms with Crippen LogP contribution in [0.3, 0.4) is 0 Å². The lowest BCUT2D eigenvalue weighted by molar-refractivity contribution is 0.102. The molecular formula is C15H16Cl2N2O4S2. The highest BCUT2D eigenvalue weighted by atomic mass is 35.5. The first-order chi connectivity index (χ1) is 11.7. The lowest BCUT2D eigenvalue weighted by Crippen LogP contribution is -2.30. The van der Waals surface area contributed by atoms with Gasteiger partial charge in [-0.3, -0.25) is 4.79 Å². The van der Waals surface area contributed by atoms with Crippen LogP contribution in [0.5, 0.6) is 5.75 Å². The highest BCUT2D eigenvalue weighted by Gasteiger charge is 2.23. The molecule has 0 fully saturated rings. The van der Waals surface area contributed by atoms with E-state index in [0.717, 1.165) is 11.3 Å². The average Bonchev–Trinajstić information content (AvgIpc) is 2.88. The first-order valence-corrected chi connectivity index (χ1v) is 10.3. The monoisotopic (exact) mass is 422 g/mol. The van der Waals surface area contributed by atoms with Gasteiger partial charge in [-0.2, -0.15) is 4.31 Å². The molecule has 25 heavy (non-hydrogen) atoms. The zero-order valence-electron chi connectivity index (χ0n) is 13.4. The number of phenols is 1. The van der Waals surface area contributed by atoms with Crippen LogP contribution in [0.25, 0.3) is 0 Å². The topological polar surface area (TPSA) is 86.7 Å². The third-order valence-electron chi connectivity index (χ3n) is 3.46. The van der Waals surface area contributed by atoms with Crippen LogP contribution in [0.2, 0.25) is 8.67 Å². The molecule has 0 radical (unpaired) electrons. The van der Waals surface area contributed by atoms with Crippen LogP contribution >= 0.6 is 34.5 Å². The summed E-state index contributed by atoms with van der Waals surface area (Å²) in [6.45, 7) is 4.08. The molecule has 136 valence electrons. The number of rotatable bonds is 6. The van der Waals surface area contributed by atoms with E-state index >= 15 is 0 Å². The molecule has 0 aliphatic heterocycles. The molecule has 0 saturated carbocycles. The Morgan fingerprint density at radius 2 is 1.88 bits per heavy atom. The van der Waals surface area contributed by atoms with Crippen molar-refractivity contribution < 1.29 is 18.3 Å². The number of phenolic OH excluding ortho intramolecular Hbond substituents is 1. The minimum atomic E-state index is -3.72. The van der Waals surface area contributed by atoms with Crippen LogP contribution in [-0.4, -0.2) is 36.8 Å². The number of halogens is 2. The van der Waals surface area contributed by atoms with Crippen molar-refractivity contribution in [3.05, 3.63) is 38.5 Å². The van der Waals surface area contributed by atoms with Crippen molar-refractivity contribution in [1.82, 2.24) is 4.31 Å². The van der Waals surface area contributed by atoms with Gasteiger partial charge in [0.25, 0.3) is 5.91 Å². The highest BCUT2D eigenvalue weighted by Crippen LogP contribution is 2.33. The first kappa shape index (κ1) is 20.0. The predicted octanol–water partition coefficient (Wildman–Crippen LogP) is 4.04.